The highest BCUT2D eigenvalue weighted by Gasteiger charge is 2.07. The highest BCUT2D eigenvalue weighted by molar-refractivity contribution is 9.10. The normalized spacial score (nSPS) is 10.6. The zero-order chi connectivity index (χ0) is 9.42. The lowest BCUT2D eigenvalue weighted by Crippen LogP contribution is -1.68. The average Bonchev–Trinajstić information content (AvgIpc) is 2.47. The molecule has 2 aromatic rings. The Kier molecular flexibility index (Phi) is 2.14. The van der Waals surface area contributed by atoms with E-state index in [1.54, 1.807) is 18.2 Å². The van der Waals surface area contributed by atoms with Crippen molar-refractivity contribution < 1.29 is 9.21 Å². The molecule has 0 radical (unpaired) electrons. The minimum Gasteiger partial charge on any atom is -0.452 e. The van der Waals surface area contributed by atoms with Crippen molar-refractivity contribution >= 4 is 44.8 Å². The Morgan fingerprint density at radius 2 is 2.15 bits per heavy atom. The van der Waals surface area contributed by atoms with E-state index in [0.29, 0.717) is 22.7 Å². The molecule has 0 atom stereocenters. The SMILES string of the molecule is O=Cc1cc2cc(Cl)cc(Br)c2o1. The highest BCUT2D eigenvalue weighted by Crippen LogP contribution is 2.30. The predicted octanol–water partition coefficient (Wildman–Crippen LogP) is 3.66. The molecule has 0 unspecified atom stereocenters. The van der Waals surface area contributed by atoms with Crippen LogP contribution in [0.4, 0.5) is 0 Å². The van der Waals surface area contributed by atoms with Gasteiger partial charge in [-0.15, -0.1) is 0 Å². The van der Waals surface area contributed by atoms with E-state index in [1.807, 2.05) is 0 Å². The molecule has 0 fully saturated rings. The lowest BCUT2D eigenvalue weighted by molar-refractivity contribution is 0.110. The first-order chi connectivity index (χ1) is 6.20. The molecule has 1 aromatic carbocycles. The number of aldehydes is 1. The second-order valence-corrected chi connectivity index (χ2v) is 3.86. The summed E-state index contributed by atoms with van der Waals surface area (Å²) in [5, 5.41) is 1.43. The van der Waals surface area contributed by atoms with Crippen molar-refractivity contribution in [2.45, 2.75) is 0 Å². The second kappa shape index (κ2) is 3.16. The fourth-order valence-corrected chi connectivity index (χ4v) is 2.07. The van der Waals surface area contributed by atoms with Gasteiger partial charge in [-0.2, -0.15) is 0 Å². The molecule has 0 aliphatic rings. The molecule has 0 saturated heterocycles. The van der Waals surface area contributed by atoms with Gasteiger partial charge in [-0.1, -0.05) is 11.6 Å². The van der Waals surface area contributed by atoms with Gasteiger partial charge in [0, 0.05) is 10.4 Å². The van der Waals surface area contributed by atoms with Gasteiger partial charge >= 0.3 is 0 Å². The Morgan fingerprint density at radius 1 is 1.38 bits per heavy atom. The van der Waals surface area contributed by atoms with Crippen LogP contribution in [0.3, 0.4) is 0 Å². The van der Waals surface area contributed by atoms with Gasteiger partial charge in [-0.25, -0.2) is 0 Å². The molecule has 1 heterocycles. The zero-order valence-corrected chi connectivity index (χ0v) is 8.72. The van der Waals surface area contributed by atoms with E-state index in [9.17, 15) is 4.79 Å². The largest absolute Gasteiger partial charge is 0.452 e. The first-order valence-corrected chi connectivity index (χ1v) is 4.71. The summed E-state index contributed by atoms with van der Waals surface area (Å²) in [7, 11) is 0. The average molecular weight is 259 g/mol. The van der Waals surface area contributed by atoms with Gasteiger partial charge in [0.2, 0.25) is 0 Å². The van der Waals surface area contributed by atoms with Crippen LogP contribution in [0.2, 0.25) is 5.02 Å². The second-order valence-electron chi connectivity index (χ2n) is 2.57. The third-order valence-electron chi connectivity index (χ3n) is 1.67. The molecular weight excluding hydrogens is 255 g/mol. The number of halogens is 2. The van der Waals surface area contributed by atoms with Crippen molar-refractivity contribution in [1.29, 1.82) is 0 Å². The summed E-state index contributed by atoms with van der Waals surface area (Å²) in [4.78, 5) is 10.4. The van der Waals surface area contributed by atoms with Gasteiger partial charge in [0.15, 0.2) is 12.0 Å². The summed E-state index contributed by atoms with van der Waals surface area (Å²) in [6, 6.07) is 5.12. The Labute approximate surface area is 87.6 Å². The van der Waals surface area contributed by atoms with Gasteiger partial charge in [0.05, 0.1) is 4.47 Å². The van der Waals surface area contributed by atoms with Crippen LogP contribution in [-0.4, -0.2) is 6.29 Å². The standard InChI is InChI=1S/C9H4BrClO2/c10-8-3-6(11)1-5-2-7(4-12)13-9(5)8/h1-4H. The van der Waals surface area contributed by atoms with Crippen LogP contribution < -0.4 is 0 Å². The molecule has 0 aliphatic carbocycles. The van der Waals surface area contributed by atoms with Crippen LogP contribution in [0.25, 0.3) is 11.0 Å². The smallest absolute Gasteiger partial charge is 0.185 e. The van der Waals surface area contributed by atoms with E-state index in [4.69, 9.17) is 16.0 Å². The molecular formula is C9H4BrClO2. The highest BCUT2D eigenvalue weighted by atomic mass is 79.9. The maximum absolute atomic E-state index is 10.4. The molecule has 66 valence electrons. The number of carbonyl (C=O) groups is 1. The molecule has 4 heteroatoms. The number of hydrogen-bond acceptors (Lipinski definition) is 2. The van der Waals surface area contributed by atoms with E-state index in [0.717, 1.165) is 9.86 Å². The number of hydrogen-bond donors (Lipinski definition) is 0. The van der Waals surface area contributed by atoms with Crippen LogP contribution in [0.1, 0.15) is 10.6 Å². The number of carbonyl (C=O) groups excluding carboxylic acids is 1. The maximum Gasteiger partial charge on any atom is 0.185 e. The summed E-state index contributed by atoms with van der Waals surface area (Å²) in [5.74, 6) is 0.304. The van der Waals surface area contributed by atoms with E-state index in [1.165, 1.54) is 0 Å². The summed E-state index contributed by atoms with van der Waals surface area (Å²) >= 11 is 9.11. The van der Waals surface area contributed by atoms with Gasteiger partial charge in [-0.05, 0) is 34.1 Å². The van der Waals surface area contributed by atoms with Gasteiger partial charge in [0.25, 0.3) is 0 Å². The monoisotopic (exact) mass is 258 g/mol. The van der Waals surface area contributed by atoms with Gasteiger partial charge < -0.3 is 4.42 Å². The van der Waals surface area contributed by atoms with Crippen molar-refractivity contribution in [2.75, 3.05) is 0 Å². The first kappa shape index (κ1) is 8.78. The summed E-state index contributed by atoms with van der Waals surface area (Å²) in [6.45, 7) is 0. The van der Waals surface area contributed by atoms with Crippen LogP contribution in [-0.2, 0) is 0 Å². The van der Waals surface area contributed by atoms with Crippen molar-refractivity contribution in [3.05, 3.63) is 33.5 Å². The molecule has 0 aliphatic heterocycles. The molecule has 2 rings (SSSR count). The van der Waals surface area contributed by atoms with Crippen LogP contribution in [0.15, 0.2) is 27.1 Å². The summed E-state index contributed by atoms with van der Waals surface area (Å²) in [5.41, 5.74) is 0.645. The number of benzene rings is 1. The molecule has 0 spiro atoms. The number of furan rings is 1. The molecule has 0 amide bonds. The number of fused-ring (bicyclic) bond motifs is 1. The summed E-state index contributed by atoms with van der Waals surface area (Å²) in [6.07, 6.45) is 0.667. The fourth-order valence-electron chi connectivity index (χ4n) is 1.15. The van der Waals surface area contributed by atoms with E-state index < -0.39 is 0 Å². The summed E-state index contributed by atoms with van der Waals surface area (Å²) < 4.78 is 5.98. The van der Waals surface area contributed by atoms with Crippen LogP contribution in [0, 0.1) is 0 Å². The Hall–Kier alpha value is -0.800. The van der Waals surface area contributed by atoms with Crippen molar-refractivity contribution in [3.8, 4) is 0 Å². The zero-order valence-electron chi connectivity index (χ0n) is 6.38. The first-order valence-electron chi connectivity index (χ1n) is 3.54. The fraction of sp³-hybridized carbons (Fsp3) is 0. The van der Waals surface area contributed by atoms with E-state index >= 15 is 0 Å². The lowest BCUT2D eigenvalue weighted by Gasteiger charge is -1.93. The minimum atomic E-state index is 0.304. The molecule has 1 aromatic heterocycles. The Bertz CT molecular complexity index is 476. The molecule has 2 nitrogen and oxygen atoms in total. The molecule has 0 bridgehead atoms. The quantitative estimate of drug-likeness (QED) is 0.732. The van der Waals surface area contributed by atoms with E-state index in [2.05, 4.69) is 15.9 Å². The van der Waals surface area contributed by atoms with Crippen LogP contribution in [0.5, 0.6) is 0 Å². The number of rotatable bonds is 1. The Balaban J connectivity index is 2.82. The third kappa shape index (κ3) is 1.49. The van der Waals surface area contributed by atoms with Crippen molar-refractivity contribution in [1.82, 2.24) is 0 Å². The van der Waals surface area contributed by atoms with Gasteiger partial charge in [0.1, 0.15) is 5.58 Å². The lowest BCUT2D eigenvalue weighted by atomic mass is 10.2. The van der Waals surface area contributed by atoms with Crippen molar-refractivity contribution in [2.24, 2.45) is 0 Å². The Morgan fingerprint density at radius 3 is 2.85 bits per heavy atom. The topological polar surface area (TPSA) is 30.2 Å². The molecule has 13 heavy (non-hydrogen) atoms. The minimum absolute atomic E-state index is 0.304. The maximum atomic E-state index is 10.4. The van der Waals surface area contributed by atoms with Crippen molar-refractivity contribution in [3.63, 3.8) is 0 Å². The van der Waals surface area contributed by atoms with Gasteiger partial charge in [-0.3, -0.25) is 4.79 Å². The third-order valence-corrected chi connectivity index (χ3v) is 2.48. The predicted molar refractivity (Wildman–Crippen MR) is 54.3 cm³/mol. The van der Waals surface area contributed by atoms with E-state index in [-0.39, 0.29) is 0 Å². The molecule has 0 saturated carbocycles. The van der Waals surface area contributed by atoms with Crippen LogP contribution >= 0.6 is 27.5 Å². The molecule has 0 N–H and O–H groups in total.